The monoisotopic (exact) mass is 431 g/mol. The lowest BCUT2D eigenvalue weighted by Crippen LogP contribution is -2.47. The van der Waals surface area contributed by atoms with Crippen molar-refractivity contribution < 1.29 is 19.0 Å². The van der Waals surface area contributed by atoms with Crippen molar-refractivity contribution in [3.05, 3.63) is 64.1 Å². The van der Waals surface area contributed by atoms with Crippen LogP contribution >= 0.6 is 15.9 Å². The van der Waals surface area contributed by atoms with Crippen molar-refractivity contribution >= 4 is 21.8 Å². The van der Waals surface area contributed by atoms with Gasteiger partial charge in [0.2, 0.25) is 0 Å². The molecule has 0 bridgehead atoms. The van der Waals surface area contributed by atoms with E-state index in [1.165, 1.54) is 0 Å². The molecular formula is C21H22BrNO4. The Kier molecular flexibility index (Phi) is 5.48. The summed E-state index contributed by atoms with van der Waals surface area (Å²) in [7, 11) is 0. The van der Waals surface area contributed by atoms with Crippen LogP contribution in [0, 0.1) is 0 Å². The summed E-state index contributed by atoms with van der Waals surface area (Å²) < 4.78 is 18.5. The second-order valence-electron chi connectivity index (χ2n) is 6.81. The maximum Gasteiger partial charge on any atom is 0.257 e. The highest BCUT2D eigenvalue weighted by atomic mass is 79.9. The van der Waals surface area contributed by atoms with Gasteiger partial charge in [0.05, 0.1) is 18.8 Å². The average molecular weight is 432 g/mol. The number of hydrogen-bond donors (Lipinski definition) is 0. The molecule has 5 nitrogen and oxygen atoms in total. The molecule has 2 aromatic carbocycles. The largest absolute Gasteiger partial charge is 0.488 e. The first-order valence-electron chi connectivity index (χ1n) is 9.19. The van der Waals surface area contributed by atoms with Gasteiger partial charge in [-0.15, -0.1) is 0 Å². The van der Waals surface area contributed by atoms with Gasteiger partial charge >= 0.3 is 0 Å². The van der Waals surface area contributed by atoms with Crippen LogP contribution in [0.1, 0.15) is 28.8 Å². The van der Waals surface area contributed by atoms with Crippen LogP contribution in [0.3, 0.4) is 0 Å². The quantitative estimate of drug-likeness (QED) is 0.733. The molecular weight excluding hydrogens is 410 g/mol. The number of piperidine rings is 1. The van der Waals surface area contributed by atoms with Crippen LogP contribution in [0.4, 0.5) is 0 Å². The number of benzene rings is 2. The van der Waals surface area contributed by atoms with E-state index in [0.29, 0.717) is 57.1 Å². The number of nitrogens with zero attached hydrogens (tertiary/aromatic N) is 1. The van der Waals surface area contributed by atoms with E-state index in [1.54, 1.807) is 0 Å². The van der Waals surface area contributed by atoms with Crippen LogP contribution in [0.2, 0.25) is 0 Å². The normalized spacial score (nSPS) is 18.6. The highest BCUT2D eigenvalue weighted by Gasteiger charge is 2.41. The highest BCUT2D eigenvalue weighted by Crippen LogP contribution is 2.32. The van der Waals surface area contributed by atoms with Crippen molar-refractivity contribution in [2.24, 2.45) is 0 Å². The van der Waals surface area contributed by atoms with Gasteiger partial charge in [-0.2, -0.15) is 0 Å². The van der Waals surface area contributed by atoms with Gasteiger partial charge in [-0.05, 0) is 29.8 Å². The van der Waals surface area contributed by atoms with Crippen LogP contribution < -0.4 is 4.74 Å². The SMILES string of the molecule is O=C(c1ccccc1OCc1cccc(Br)c1)N1CCC2(CC1)OCCO2. The summed E-state index contributed by atoms with van der Waals surface area (Å²) in [6, 6.07) is 15.4. The molecule has 0 aromatic heterocycles. The molecule has 1 spiro atoms. The minimum absolute atomic E-state index is 0.00677. The summed E-state index contributed by atoms with van der Waals surface area (Å²) in [4.78, 5) is 14.9. The first-order chi connectivity index (χ1) is 13.2. The summed E-state index contributed by atoms with van der Waals surface area (Å²) in [5.41, 5.74) is 1.64. The number of para-hydroxylation sites is 1. The Morgan fingerprint density at radius 2 is 1.81 bits per heavy atom. The van der Waals surface area contributed by atoms with Gasteiger partial charge in [0.1, 0.15) is 12.4 Å². The Morgan fingerprint density at radius 1 is 1.07 bits per heavy atom. The number of rotatable bonds is 4. The Morgan fingerprint density at radius 3 is 2.56 bits per heavy atom. The standard InChI is InChI=1S/C21H22BrNO4/c22-17-5-3-4-16(14-17)15-25-19-7-2-1-6-18(19)20(24)23-10-8-21(9-11-23)26-12-13-27-21/h1-7,14H,8-13,15H2. The zero-order valence-electron chi connectivity index (χ0n) is 15.0. The molecule has 2 aromatic rings. The Hall–Kier alpha value is -1.89. The number of halogens is 1. The van der Waals surface area contributed by atoms with Crippen LogP contribution in [0.25, 0.3) is 0 Å². The van der Waals surface area contributed by atoms with E-state index in [9.17, 15) is 4.79 Å². The molecule has 2 aliphatic heterocycles. The number of amides is 1. The summed E-state index contributed by atoms with van der Waals surface area (Å²) in [5, 5.41) is 0. The fourth-order valence-electron chi connectivity index (χ4n) is 3.56. The lowest BCUT2D eigenvalue weighted by atomic mass is 10.0. The third kappa shape index (κ3) is 4.18. The summed E-state index contributed by atoms with van der Waals surface area (Å²) >= 11 is 3.47. The molecule has 142 valence electrons. The second-order valence-corrected chi connectivity index (χ2v) is 7.73. The highest BCUT2D eigenvalue weighted by molar-refractivity contribution is 9.10. The van der Waals surface area contributed by atoms with Gasteiger partial charge in [-0.3, -0.25) is 4.79 Å². The number of carbonyl (C=O) groups excluding carboxylic acids is 1. The third-order valence-corrected chi connectivity index (χ3v) is 5.52. The maximum absolute atomic E-state index is 13.0. The molecule has 0 aliphatic carbocycles. The van der Waals surface area contributed by atoms with Gasteiger partial charge in [0, 0.05) is 30.4 Å². The van der Waals surface area contributed by atoms with Crippen molar-refractivity contribution in [2.45, 2.75) is 25.2 Å². The molecule has 2 saturated heterocycles. The van der Waals surface area contributed by atoms with Gasteiger partial charge in [0.25, 0.3) is 5.91 Å². The fourth-order valence-corrected chi connectivity index (χ4v) is 4.01. The number of ether oxygens (including phenoxy) is 3. The topological polar surface area (TPSA) is 48.0 Å². The molecule has 2 aliphatic rings. The molecule has 4 rings (SSSR count). The molecule has 2 fully saturated rings. The number of likely N-dealkylation sites (tertiary alicyclic amines) is 1. The van der Waals surface area contributed by atoms with Crippen LogP contribution in [0.15, 0.2) is 53.0 Å². The van der Waals surface area contributed by atoms with Crippen molar-refractivity contribution in [3.8, 4) is 5.75 Å². The first kappa shape index (κ1) is 18.5. The molecule has 0 atom stereocenters. The lowest BCUT2D eigenvalue weighted by molar-refractivity contribution is -0.181. The fraction of sp³-hybridized carbons (Fsp3) is 0.381. The molecule has 27 heavy (non-hydrogen) atoms. The zero-order valence-corrected chi connectivity index (χ0v) is 16.6. The smallest absolute Gasteiger partial charge is 0.257 e. The minimum Gasteiger partial charge on any atom is -0.488 e. The van der Waals surface area contributed by atoms with Gasteiger partial charge in [0.15, 0.2) is 5.79 Å². The lowest BCUT2D eigenvalue weighted by Gasteiger charge is -2.37. The minimum atomic E-state index is -0.479. The van der Waals surface area contributed by atoms with Crippen molar-refractivity contribution in [1.29, 1.82) is 0 Å². The van der Waals surface area contributed by atoms with Crippen molar-refractivity contribution in [1.82, 2.24) is 4.90 Å². The molecule has 1 amide bonds. The molecule has 0 saturated carbocycles. The molecule has 0 unspecified atom stereocenters. The number of hydrogen-bond acceptors (Lipinski definition) is 4. The van der Waals surface area contributed by atoms with E-state index in [1.807, 2.05) is 53.4 Å². The van der Waals surface area contributed by atoms with E-state index in [-0.39, 0.29) is 5.91 Å². The molecule has 0 radical (unpaired) electrons. The van der Waals surface area contributed by atoms with E-state index in [0.717, 1.165) is 10.0 Å². The van der Waals surface area contributed by atoms with Crippen LogP contribution in [0.5, 0.6) is 5.75 Å². The van der Waals surface area contributed by atoms with Crippen LogP contribution in [-0.2, 0) is 16.1 Å². The maximum atomic E-state index is 13.0. The zero-order chi connectivity index (χ0) is 18.7. The summed E-state index contributed by atoms with van der Waals surface area (Å²) in [5.74, 6) is 0.122. The molecule has 2 heterocycles. The second kappa shape index (κ2) is 8.00. The Labute approximate surface area is 167 Å². The Bertz CT molecular complexity index is 809. The van der Waals surface area contributed by atoms with Gasteiger partial charge in [-0.1, -0.05) is 40.2 Å². The predicted octanol–water partition coefficient (Wildman–Crippen LogP) is 4.01. The predicted molar refractivity (Wildman–Crippen MR) is 105 cm³/mol. The van der Waals surface area contributed by atoms with E-state index in [2.05, 4.69) is 15.9 Å². The third-order valence-electron chi connectivity index (χ3n) is 5.03. The number of carbonyl (C=O) groups is 1. The molecule has 0 N–H and O–H groups in total. The van der Waals surface area contributed by atoms with E-state index in [4.69, 9.17) is 14.2 Å². The van der Waals surface area contributed by atoms with Crippen LogP contribution in [-0.4, -0.2) is 42.9 Å². The van der Waals surface area contributed by atoms with Crippen molar-refractivity contribution in [3.63, 3.8) is 0 Å². The summed E-state index contributed by atoms with van der Waals surface area (Å²) in [6.45, 7) is 2.94. The summed E-state index contributed by atoms with van der Waals surface area (Å²) in [6.07, 6.45) is 1.42. The van der Waals surface area contributed by atoms with E-state index >= 15 is 0 Å². The van der Waals surface area contributed by atoms with Gasteiger partial charge in [-0.25, -0.2) is 0 Å². The Balaban J connectivity index is 1.43. The average Bonchev–Trinajstić information content (AvgIpc) is 3.15. The van der Waals surface area contributed by atoms with Crippen molar-refractivity contribution in [2.75, 3.05) is 26.3 Å². The van der Waals surface area contributed by atoms with E-state index < -0.39 is 5.79 Å². The molecule has 6 heteroatoms. The van der Waals surface area contributed by atoms with Gasteiger partial charge < -0.3 is 19.1 Å². The first-order valence-corrected chi connectivity index (χ1v) is 9.98.